The fourth-order valence-electron chi connectivity index (χ4n) is 2.32. The summed E-state index contributed by atoms with van der Waals surface area (Å²) in [7, 11) is 0. The molecule has 6 nitrogen and oxygen atoms in total. The molecule has 2 heterocycles. The SMILES string of the molecule is Cc1ccc(SCC(OCn2cnc3c(Cl)nc(N)nc32)[C@H](C)F)cc1. The summed E-state index contributed by atoms with van der Waals surface area (Å²) < 4.78 is 21.4. The van der Waals surface area contributed by atoms with Crippen LogP contribution in [0.4, 0.5) is 10.3 Å². The van der Waals surface area contributed by atoms with Crippen molar-refractivity contribution >= 4 is 40.5 Å². The minimum absolute atomic E-state index is 0.0505. The number of halogens is 2. The molecule has 2 aromatic heterocycles. The van der Waals surface area contributed by atoms with Crippen molar-refractivity contribution in [2.75, 3.05) is 11.5 Å². The Morgan fingerprint density at radius 1 is 1.31 bits per heavy atom. The van der Waals surface area contributed by atoms with Gasteiger partial charge in [0.2, 0.25) is 5.95 Å². The Balaban J connectivity index is 1.66. The number of nitrogen functional groups attached to an aromatic ring is 1. The first-order valence-electron chi connectivity index (χ1n) is 8.03. The lowest BCUT2D eigenvalue weighted by molar-refractivity contribution is -0.0172. The fourth-order valence-corrected chi connectivity index (χ4v) is 3.59. The number of imidazole rings is 1. The van der Waals surface area contributed by atoms with Gasteiger partial charge >= 0.3 is 0 Å². The van der Waals surface area contributed by atoms with E-state index in [0.29, 0.717) is 16.9 Å². The van der Waals surface area contributed by atoms with E-state index in [4.69, 9.17) is 22.1 Å². The zero-order valence-corrected chi connectivity index (χ0v) is 16.0. The summed E-state index contributed by atoms with van der Waals surface area (Å²) >= 11 is 7.56. The number of thioether (sulfide) groups is 1. The number of alkyl halides is 1. The smallest absolute Gasteiger partial charge is 0.223 e. The van der Waals surface area contributed by atoms with Gasteiger partial charge in [0.25, 0.3) is 0 Å². The van der Waals surface area contributed by atoms with Crippen molar-refractivity contribution in [2.45, 2.75) is 37.7 Å². The number of nitrogens with two attached hydrogens (primary N) is 1. The minimum atomic E-state index is -1.12. The molecule has 26 heavy (non-hydrogen) atoms. The van der Waals surface area contributed by atoms with Crippen LogP contribution in [0.1, 0.15) is 12.5 Å². The Morgan fingerprint density at radius 3 is 2.73 bits per heavy atom. The van der Waals surface area contributed by atoms with E-state index in [1.54, 1.807) is 16.3 Å². The summed E-state index contributed by atoms with van der Waals surface area (Å²) in [6.45, 7) is 3.61. The maximum absolute atomic E-state index is 14.0. The maximum atomic E-state index is 14.0. The molecule has 0 saturated carbocycles. The molecule has 0 saturated heterocycles. The molecular weight excluding hydrogens is 377 g/mol. The molecule has 0 amide bonds. The predicted octanol–water partition coefficient (Wildman–Crippen LogP) is 3.86. The highest BCUT2D eigenvalue weighted by molar-refractivity contribution is 7.99. The zero-order valence-electron chi connectivity index (χ0n) is 14.4. The highest BCUT2D eigenvalue weighted by Gasteiger charge is 2.19. The second-order valence-electron chi connectivity index (χ2n) is 5.90. The summed E-state index contributed by atoms with van der Waals surface area (Å²) in [4.78, 5) is 13.2. The molecule has 0 aliphatic carbocycles. The number of nitrogens with zero attached hydrogens (tertiary/aromatic N) is 4. The van der Waals surface area contributed by atoms with Crippen molar-refractivity contribution in [3.63, 3.8) is 0 Å². The lowest BCUT2D eigenvalue weighted by atomic mass is 10.2. The summed E-state index contributed by atoms with van der Waals surface area (Å²) in [5, 5.41) is 0.177. The molecule has 0 radical (unpaired) electrons. The predicted molar refractivity (Wildman–Crippen MR) is 102 cm³/mol. The number of aryl methyl sites for hydroxylation is 1. The molecule has 138 valence electrons. The normalized spacial score (nSPS) is 13.8. The van der Waals surface area contributed by atoms with Crippen LogP contribution >= 0.6 is 23.4 Å². The Labute approximate surface area is 159 Å². The largest absolute Gasteiger partial charge is 0.368 e. The van der Waals surface area contributed by atoms with Gasteiger partial charge in [-0.3, -0.25) is 4.57 Å². The number of ether oxygens (including phenoxy) is 1. The molecule has 1 unspecified atom stereocenters. The van der Waals surface area contributed by atoms with Crippen LogP contribution < -0.4 is 5.73 Å². The van der Waals surface area contributed by atoms with E-state index in [1.807, 2.05) is 31.2 Å². The van der Waals surface area contributed by atoms with E-state index in [9.17, 15) is 4.39 Å². The van der Waals surface area contributed by atoms with Crippen LogP contribution in [0.3, 0.4) is 0 Å². The molecule has 0 bridgehead atoms. The van der Waals surface area contributed by atoms with Gasteiger partial charge in [-0.05, 0) is 26.0 Å². The highest BCUT2D eigenvalue weighted by Crippen LogP contribution is 2.23. The Morgan fingerprint density at radius 2 is 2.04 bits per heavy atom. The summed E-state index contributed by atoms with van der Waals surface area (Å²) in [6, 6.07) is 8.10. The maximum Gasteiger partial charge on any atom is 0.223 e. The molecule has 2 atom stereocenters. The van der Waals surface area contributed by atoms with Gasteiger partial charge in [0, 0.05) is 10.6 Å². The topological polar surface area (TPSA) is 78.8 Å². The Kier molecular flexibility index (Phi) is 5.95. The molecule has 1 aromatic carbocycles. The van der Waals surface area contributed by atoms with Crippen LogP contribution in [0.5, 0.6) is 0 Å². The molecule has 0 spiro atoms. The van der Waals surface area contributed by atoms with Gasteiger partial charge in [0.15, 0.2) is 10.8 Å². The Hall–Kier alpha value is -1.90. The molecular formula is C17H19ClFN5OS. The number of fused-ring (bicyclic) bond motifs is 1. The number of rotatable bonds is 7. The van der Waals surface area contributed by atoms with Crippen molar-refractivity contribution in [1.82, 2.24) is 19.5 Å². The van der Waals surface area contributed by atoms with E-state index >= 15 is 0 Å². The average molecular weight is 396 g/mol. The molecule has 2 N–H and O–H groups in total. The summed E-state index contributed by atoms with van der Waals surface area (Å²) in [6.07, 6.45) is -0.169. The number of benzene rings is 1. The van der Waals surface area contributed by atoms with Gasteiger partial charge in [-0.2, -0.15) is 9.97 Å². The summed E-state index contributed by atoms with van der Waals surface area (Å²) in [5.74, 6) is 0.542. The molecule has 3 aromatic rings. The van der Waals surface area contributed by atoms with Crippen molar-refractivity contribution in [2.24, 2.45) is 0 Å². The molecule has 9 heteroatoms. The van der Waals surface area contributed by atoms with Crippen molar-refractivity contribution in [3.05, 3.63) is 41.3 Å². The average Bonchev–Trinajstić information content (AvgIpc) is 2.99. The molecule has 0 aliphatic heterocycles. The van der Waals surface area contributed by atoms with Gasteiger partial charge in [-0.25, -0.2) is 9.37 Å². The van der Waals surface area contributed by atoms with Gasteiger partial charge in [-0.15, -0.1) is 11.8 Å². The van der Waals surface area contributed by atoms with E-state index < -0.39 is 12.3 Å². The van der Waals surface area contributed by atoms with E-state index in [1.165, 1.54) is 18.8 Å². The van der Waals surface area contributed by atoms with E-state index in [-0.39, 0.29) is 17.8 Å². The first-order chi connectivity index (χ1) is 12.4. The number of hydrogen-bond acceptors (Lipinski definition) is 6. The quantitative estimate of drug-likeness (QED) is 0.483. The van der Waals surface area contributed by atoms with Crippen LogP contribution in [0, 0.1) is 6.92 Å². The van der Waals surface area contributed by atoms with Crippen molar-refractivity contribution < 1.29 is 9.13 Å². The van der Waals surface area contributed by atoms with Crippen LogP contribution in [0.15, 0.2) is 35.5 Å². The number of anilines is 1. The molecule has 0 aliphatic rings. The second kappa shape index (κ2) is 8.20. The summed E-state index contributed by atoms with van der Waals surface area (Å²) in [5.41, 5.74) is 7.71. The number of aromatic nitrogens is 4. The number of hydrogen-bond donors (Lipinski definition) is 1. The molecule has 3 rings (SSSR count). The monoisotopic (exact) mass is 395 g/mol. The van der Waals surface area contributed by atoms with Crippen LogP contribution in [-0.2, 0) is 11.5 Å². The van der Waals surface area contributed by atoms with Crippen LogP contribution in [0.25, 0.3) is 11.2 Å². The molecule has 0 fully saturated rings. The first kappa shape index (κ1) is 18.9. The third kappa shape index (κ3) is 4.44. The van der Waals surface area contributed by atoms with Crippen LogP contribution in [-0.4, -0.2) is 37.5 Å². The van der Waals surface area contributed by atoms with E-state index in [2.05, 4.69) is 15.0 Å². The second-order valence-corrected chi connectivity index (χ2v) is 7.35. The minimum Gasteiger partial charge on any atom is -0.368 e. The third-order valence-corrected chi connectivity index (χ3v) is 5.18. The lowest BCUT2D eigenvalue weighted by Crippen LogP contribution is -2.27. The zero-order chi connectivity index (χ0) is 18.7. The van der Waals surface area contributed by atoms with E-state index in [0.717, 1.165) is 4.90 Å². The highest BCUT2D eigenvalue weighted by atomic mass is 35.5. The van der Waals surface area contributed by atoms with Gasteiger partial charge in [-0.1, -0.05) is 29.3 Å². The first-order valence-corrected chi connectivity index (χ1v) is 9.39. The standard InChI is InChI=1S/C17H19ClFN5OS/c1-10-3-5-12(6-4-10)26-7-13(11(2)19)25-9-24-8-21-14-15(18)22-17(20)23-16(14)24/h3-6,8,11,13H,7,9H2,1-2H3,(H2,20,22,23)/t11-,13?/m0/s1. The van der Waals surface area contributed by atoms with Crippen LogP contribution in [0.2, 0.25) is 5.15 Å². The van der Waals surface area contributed by atoms with Gasteiger partial charge < -0.3 is 10.5 Å². The Bertz CT molecular complexity index is 887. The lowest BCUT2D eigenvalue weighted by Gasteiger charge is -2.19. The van der Waals surface area contributed by atoms with Gasteiger partial charge in [0.05, 0.1) is 6.33 Å². The van der Waals surface area contributed by atoms with Crippen molar-refractivity contribution in [1.29, 1.82) is 0 Å². The van der Waals surface area contributed by atoms with Crippen molar-refractivity contribution in [3.8, 4) is 0 Å². The third-order valence-electron chi connectivity index (χ3n) is 3.81. The van der Waals surface area contributed by atoms with Gasteiger partial charge in [0.1, 0.15) is 24.5 Å². The fraction of sp³-hybridized carbons (Fsp3) is 0.353.